The van der Waals surface area contributed by atoms with Crippen molar-refractivity contribution in [3.63, 3.8) is 0 Å². The third-order valence-electron chi connectivity index (χ3n) is 2.52. The van der Waals surface area contributed by atoms with Crippen molar-refractivity contribution in [2.24, 2.45) is 0 Å². The Kier molecular flexibility index (Phi) is 4.08. The lowest BCUT2D eigenvalue weighted by Gasteiger charge is -2.06. The van der Waals surface area contributed by atoms with Crippen LogP contribution < -0.4 is 0 Å². The number of hydrogen-bond acceptors (Lipinski definition) is 3. The summed E-state index contributed by atoms with van der Waals surface area (Å²) in [6, 6.07) is 10.4. The Morgan fingerprint density at radius 1 is 1.25 bits per heavy atom. The molecule has 1 aromatic carbocycles. The maximum atomic E-state index is 9.84. The number of rotatable bonds is 5. The predicted molar refractivity (Wildman–Crippen MR) is 66.5 cm³/mol. The first kappa shape index (κ1) is 11.3. The van der Waals surface area contributed by atoms with Gasteiger partial charge < -0.3 is 5.11 Å². The minimum Gasteiger partial charge on any atom is -0.386 e. The van der Waals surface area contributed by atoms with Crippen molar-refractivity contribution in [2.45, 2.75) is 25.4 Å². The number of aliphatic hydroxyl groups is 1. The molecule has 0 aliphatic carbocycles. The SMILES string of the molecule is OC(CCCc1ccccc1)c1nccs1. The van der Waals surface area contributed by atoms with Gasteiger partial charge in [-0.05, 0) is 24.8 Å². The second-order valence-electron chi connectivity index (χ2n) is 3.76. The molecule has 0 saturated carbocycles. The number of aryl methyl sites for hydroxylation is 1. The zero-order chi connectivity index (χ0) is 11.2. The fourth-order valence-corrected chi connectivity index (χ4v) is 2.32. The standard InChI is InChI=1S/C13H15NOS/c15-12(13-14-9-10-16-13)8-4-7-11-5-2-1-3-6-11/h1-3,5-6,9-10,12,15H,4,7-8H2. The van der Waals surface area contributed by atoms with Crippen LogP contribution in [0.15, 0.2) is 41.9 Å². The van der Waals surface area contributed by atoms with E-state index in [2.05, 4.69) is 17.1 Å². The summed E-state index contributed by atoms with van der Waals surface area (Å²) in [5.74, 6) is 0. The molecule has 0 bridgehead atoms. The quantitative estimate of drug-likeness (QED) is 0.860. The van der Waals surface area contributed by atoms with Gasteiger partial charge >= 0.3 is 0 Å². The first-order chi connectivity index (χ1) is 7.86. The third kappa shape index (κ3) is 3.15. The Morgan fingerprint density at radius 3 is 2.75 bits per heavy atom. The minimum absolute atomic E-state index is 0.399. The molecule has 3 heteroatoms. The Hall–Kier alpha value is -1.19. The molecule has 0 spiro atoms. The van der Waals surface area contributed by atoms with E-state index in [1.807, 2.05) is 23.6 Å². The molecule has 1 N–H and O–H groups in total. The summed E-state index contributed by atoms with van der Waals surface area (Å²) in [6.07, 6.45) is 4.13. The first-order valence-corrected chi connectivity index (χ1v) is 6.35. The summed E-state index contributed by atoms with van der Waals surface area (Å²) >= 11 is 1.52. The minimum atomic E-state index is -0.399. The molecule has 2 aromatic rings. The van der Waals surface area contributed by atoms with Crippen LogP contribution >= 0.6 is 11.3 Å². The van der Waals surface area contributed by atoms with Crippen molar-refractivity contribution in [1.29, 1.82) is 0 Å². The van der Waals surface area contributed by atoms with E-state index in [1.165, 1.54) is 16.9 Å². The predicted octanol–water partition coefficient (Wildman–Crippen LogP) is 3.20. The van der Waals surface area contributed by atoms with Crippen LogP contribution in [0.1, 0.15) is 29.5 Å². The van der Waals surface area contributed by atoms with Gasteiger partial charge in [0.2, 0.25) is 0 Å². The topological polar surface area (TPSA) is 33.1 Å². The number of benzene rings is 1. The van der Waals surface area contributed by atoms with Crippen molar-refractivity contribution >= 4 is 11.3 Å². The van der Waals surface area contributed by atoms with E-state index < -0.39 is 6.10 Å². The van der Waals surface area contributed by atoms with Gasteiger partial charge in [0.25, 0.3) is 0 Å². The Bertz CT molecular complexity index is 399. The molecular formula is C13H15NOS. The molecule has 0 fully saturated rings. The number of nitrogens with zero attached hydrogens (tertiary/aromatic N) is 1. The van der Waals surface area contributed by atoms with Gasteiger partial charge in [-0.2, -0.15) is 0 Å². The van der Waals surface area contributed by atoms with Gasteiger partial charge in [-0.3, -0.25) is 0 Å². The highest BCUT2D eigenvalue weighted by Crippen LogP contribution is 2.21. The summed E-state index contributed by atoms with van der Waals surface area (Å²) in [5, 5.41) is 12.6. The van der Waals surface area contributed by atoms with Crippen molar-refractivity contribution in [3.05, 3.63) is 52.5 Å². The van der Waals surface area contributed by atoms with Gasteiger partial charge in [0, 0.05) is 11.6 Å². The van der Waals surface area contributed by atoms with Crippen LogP contribution in [0.3, 0.4) is 0 Å². The highest BCUT2D eigenvalue weighted by atomic mass is 32.1. The lowest BCUT2D eigenvalue weighted by atomic mass is 10.1. The number of thiazole rings is 1. The Balaban J connectivity index is 1.76. The van der Waals surface area contributed by atoms with Crippen LogP contribution in [0.2, 0.25) is 0 Å². The summed E-state index contributed by atoms with van der Waals surface area (Å²) < 4.78 is 0. The lowest BCUT2D eigenvalue weighted by Crippen LogP contribution is -1.97. The van der Waals surface area contributed by atoms with E-state index in [1.54, 1.807) is 6.20 Å². The largest absolute Gasteiger partial charge is 0.386 e. The molecule has 0 aliphatic rings. The number of aromatic nitrogens is 1. The van der Waals surface area contributed by atoms with Crippen molar-refractivity contribution in [1.82, 2.24) is 4.98 Å². The molecule has 1 heterocycles. The fraction of sp³-hybridized carbons (Fsp3) is 0.308. The van der Waals surface area contributed by atoms with E-state index in [0.29, 0.717) is 0 Å². The molecular weight excluding hydrogens is 218 g/mol. The molecule has 1 aromatic heterocycles. The smallest absolute Gasteiger partial charge is 0.121 e. The molecule has 1 atom stereocenters. The van der Waals surface area contributed by atoms with E-state index in [-0.39, 0.29) is 0 Å². The van der Waals surface area contributed by atoms with Crippen LogP contribution in [-0.2, 0) is 6.42 Å². The maximum absolute atomic E-state index is 9.84. The van der Waals surface area contributed by atoms with E-state index in [4.69, 9.17) is 0 Å². The Morgan fingerprint density at radius 2 is 2.06 bits per heavy atom. The van der Waals surface area contributed by atoms with Crippen LogP contribution in [0.5, 0.6) is 0 Å². The van der Waals surface area contributed by atoms with Gasteiger partial charge in [0.05, 0.1) is 0 Å². The molecule has 0 aliphatic heterocycles. The van der Waals surface area contributed by atoms with Gasteiger partial charge in [-0.25, -0.2) is 4.98 Å². The molecule has 0 radical (unpaired) electrons. The van der Waals surface area contributed by atoms with Crippen molar-refractivity contribution in [2.75, 3.05) is 0 Å². The van der Waals surface area contributed by atoms with Gasteiger partial charge in [0.1, 0.15) is 11.1 Å². The second kappa shape index (κ2) is 5.77. The molecule has 0 amide bonds. The van der Waals surface area contributed by atoms with E-state index in [0.717, 1.165) is 24.3 Å². The molecule has 0 saturated heterocycles. The van der Waals surface area contributed by atoms with Crippen LogP contribution in [-0.4, -0.2) is 10.1 Å². The van der Waals surface area contributed by atoms with Crippen LogP contribution in [0.25, 0.3) is 0 Å². The zero-order valence-electron chi connectivity index (χ0n) is 9.04. The van der Waals surface area contributed by atoms with Crippen molar-refractivity contribution in [3.8, 4) is 0 Å². The summed E-state index contributed by atoms with van der Waals surface area (Å²) in [7, 11) is 0. The summed E-state index contributed by atoms with van der Waals surface area (Å²) in [6.45, 7) is 0. The molecule has 84 valence electrons. The van der Waals surface area contributed by atoms with E-state index in [9.17, 15) is 5.11 Å². The van der Waals surface area contributed by atoms with Gasteiger partial charge in [-0.15, -0.1) is 11.3 Å². The Labute approximate surface area is 99.6 Å². The monoisotopic (exact) mass is 233 g/mol. The first-order valence-electron chi connectivity index (χ1n) is 5.47. The third-order valence-corrected chi connectivity index (χ3v) is 3.40. The molecule has 16 heavy (non-hydrogen) atoms. The van der Waals surface area contributed by atoms with Gasteiger partial charge in [0.15, 0.2) is 0 Å². The van der Waals surface area contributed by atoms with Crippen LogP contribution in [0, 0.1) is 0 Å². The lowest BCUT2D eigenvalue weighted by molar-refractivity contribution is 0.164. The molecule has 1 unspecified atom stereocenters. The highest BCUT2D eigenvalue weighted by Gasteiger charge is 2.09. The van der Waals surface area contributed by atoms with E-state index >= 15 is 0 Å². The molecule has 2 nitrogen and oxygen atoms in total. The average molecular weight is 233 g/mol. The zero-order valence-corrected chi connectivity index (χ0v) is 9.86. The second-order valence-corrected chi connectivity index (χ2v) is 4.69. The normalized spacial score (nSPS) is 12.6. The fourth-order valence-electron chi connectivity index (χ4n) is 1.67. The number of aliphatic hydroxyl groups excluding tert-OH is 1. The number of hydrogen-bond donors (Lipinski definition) is 1. The van der Waals surface area contributed by atoms with Crippen LogP contribution in [0.4, 0.5) is 0 Å². The summed E-state index contributed by atoms with van der Waals surface area (Å²) in [4.78, 5) is 4.11. The maximum Gasteiger partial charge on any atom is 0.121 e. The average Bonchev–Trinajstić information content (AvgIpc) is 2.84. The van der Waals surface area contributed by atoms with Crippen molar-refractivity contribution < 1.29 is 5.11 Å². The molecule has 2 rings (SSSR count). The van der Waals surface area contributed by atoms with Gasteiger partial charge in [-0.1, -0.05) is 30.3 Å². The highest BCUT2D eigenvalue weighted by molar-refractivity contribution is 7.09. The summed E-state index contributed by atoms with van der Waals surface area (Å²) in [5.41, 5.74) is 1.33.